The Hall–Kier alpha value is -2.33. The van der Waals surface area contributed by atoms with Crippen molar-refractivity contribution in [3.8, 4) is 5.75 Å². The number of ether oxygens (including phenoxy) is 1. The van der Waals surface area contributed by atoms with Gasteiger partial charge < -0.3 is 9.84 Å². The molecule has 108 valence electrons. The van der Waals surface area contributed by atoms with E-state index in [1.807, 2.05) is 0 Å². The zero-order valence-electron chi connectivity index (χ0n) is 10.9. The lowest BCUT2D eigenvalue weighted by atomic mass is 10.2. The number of carboxylic acid groups (broad SMARTS) is 1. The molecule has 2 rings (SSSR count). The van der Waals surface area contributed by atoms with Gasteiger partial charge in [-0.05, 0) is 35.9 Å². The summed E-state index contributed by atoms with van der Waals surface area (Å²) in [5.74, 6) is -0.921. The van der Waals surface area contributed by atoms with E-state index in [4.69, 9.17) is 21.4 Å². The van der Waals surface area contributed by atoms with Crippen LogP contribution in [0, 0.1) is 5.82 Å². The van der Waals surface area contributed by atoms with Gasteiger partial charge in [-0.25, -0.2) is 9.18 Å². The van der Waals surface area contributed by atoms with Gasteiger partial charge in [0.25, 0.3) is 0 Å². The van der Waals surface area contributed by atoms with Gasteiger partial charge in [-0.2, -0.15) is 0 Å². The second-order valence-corrected chi connectivity index (χ2v) is 4.65. The molecule has 0 radical (unpaired) electrons. The third-order valence-electron chi connectivity index (χ3n) is 2.71. The quantitative estimate of drug-likeness (QED) is 0.844. The van der Waals surface area contributed by atoms with Gasteiger partial charge >= 0.3 is 5.97 Å². The highest BCUT2D eigenvalue weighted by Gasteiger charge is 2.06. The van der Waals surface area contributed by atoms with Crippen molar-refractivity contribution >= 4 is 23.6 Å². The average molecular weight is 307 g/mol. The maximum absolute atomic E-state index is 12.8. The van der Waals surface area contributed by atoms with Crippen molar-refractivity contribution in [2.24, 2.45) is 0 Å². The molecule has 2 aromatic rings. The van der Waals surface area contributed by atoms with Gasteiger partial charge in [0, 0.05) is 11.6 Å². The largest absolute Gasteiger partial charge is 0.488 e. The first-order valence-electron chi connectivity index (χ1n) is 6.13. The van der Waals surface area contributed by atoms with Crippen molar-refractivity contribution < 1.29 is 19.0 Å². The van der Waals surface area contributed by atoms with Crippen LogP contribution in [0.4, 0.5) is 4.39 Å². The van der Waals surface area contributed by atoms with Gasteiger partial charge in [-0.1, -0.05) is 29.8 Å². The number of hydrogen-bond donors (Lipinski definition) is 1. The van der Waals surface area contributed by atoms with Gasteiger partial charge in [0.1, 0.15) is 18.2 Å². The number of rotatable bonds is 5. The summed E-state index contributed by atoms with van der Waals surface area (Å²) in [4.78, 5) is 10.6. The second-order valence-electron chi connectivity index (χ2n) is 4.24. The molecule has 5 heteroatoms. The van der Waals surface area contributed by atoms with Gasteiger partial charge in [-0.15, -0.1) is 0 Å². The van der Waals surface area contributed by atoms with Gasteiger partial charge in [0.15, 0.2) is 0 Å². The van der Waals surface area contributed by atoms with Gasteiger partial charge in [-0.3, -0.25) is 0 Å². The molecule has 21 heavy (non-hydrogen) atoms. The fraction of sp³-hybridized carbons (Fsp3) is 0.0625. The molecule has 0 saturated carbocycles. The fourth-order valence-electron chi connectivity index (χ4n) is 1.70. The van der Waals surface area contributed by atoms with Crippen molar-refractivity contribution in [3.05, 3.63) is 70.5 Å². The maximum atomic E-state index is 12.8. The molecule has 0 aliphatic rings. The molecule has 0 fully saturated rings. The predicted molar refractivity (Wildman–Crippen MR) is 78.9 cm³/mol. The molecule has 0 saturated heterocycles. The molecule has 1 N–H and O–H groups in total. The number of carbonyl (C=O) groups is 1. The third-order valence-corrected chi connectivity index (χ3v) is 3.04. The van der Waals surface area contributed by atoms with Crippen LogP contribution in [0.3, 0.4) is 0 Å². The highest BCUT2D eigenvalue weighted by molar-refractivity contribution is 6.32. The average Bonchev–Trinajstić information content (AvgIpc) is 2.45. The minimum atomic E-state index is -1.07. The van der Waals surface area contributed by atoms with E-state index in [2.05, 4.69) is 0 Å². The molecule has 0 aromatic heterocycles. The van der Waals surface area contributed by atoms with Gasteiger partial charge in [0.2, 0.25) is 0 Å². The summed E-state index contributed by atoms with van der Waals surface area (Å²) in [5.41, 5.74) is 1.29. The Morgan fingerprint density at radius 3 is 2.62 bits per heavy atom. The summed E-state index contributed by atoms with van der Waals surface area (Å²) in [6, 6.07) is 11.0. The minimum absolute atomic E-state index is 0.231. The normalized spacial score (nSPS) is 10.8. The number of benzene rings is 2. The topological polar surface area (TPSA) is 46.5 Å². The highest BCUT2D eigenvalue weighted by atomic mass is 35.5. The van der Waals surface area contributed by atoms with Crippen molar-refractivity contribution in [2.45, 2.75) is 6.61 Å². The molecule has 2 aromatic carbocycles. The fourth-order valence-corrected chi connectivity index (χ4v) is 1.93. The zero-order chi connectivity index (χ0) is 15.2. The Balaban J connectivity index is 2.17. The Kier molecular flexibility index (Phi) is 4.95. The van der Waals surface area contributed by atoms with Gasteiger partial charge in [0.05, 0.1) is 5.02 Å². The van der Waals surface area contributed by atoms with Crippen molar-refractivity contribution in [1.29, 1.82) is 0 Å². The first kappa shape index (κ1) is 15.1. The van der Waals surface area contributed by atoms with E-state index in [9.17, 15) is 9.18 Å². The number of halogens is 2. The van der Waals surface area contributed by atoms with Crippen LogP contribution < -0.4 is 4.74 Å². The van der Waals surface area contributed by atoms with E-state index in [0.717, 1.165) is 11.6 Å². The Bertz CT molecular complexity index is 666. The lowest BCUT2D eigenvalue weighted by Gasteiger charge is -2.10. The van der Waals surface area contributed by atoms with E-state index in [1.54, 1.807) is 30.3 Å². The second kappa shape index (κ2) is 6.90. The van der Waals surface area contributed by atoms with Crippen LogP contribution in [0.1, 0.15) is 11.1 Å². The molecule has 0 atom stereocenters. The Labute approximate surface area is 126 Å². The number of aliphatic carboxylic acids is 1. The summed E-state index contributed by atoms with van der Waals surface area (Å²) in [6.45, 7) is 0.231. The van der Waals surface area contributed by atoms with Crippen molar-refractivity contribution in [3.63, 3.8) is 0 Å². The SMILES string of the molecule is O=C(O)/C=C/c1c(Cl)cccc1OCc1ccc(F)cc1. The first-order valence-corrected chi connectivity index (χ1v) is 6.51. The summed E-state index contributed by atoms with van der Waals surface area (Å²) in [5, 5.41) is 9.08. The zero-order valence-corrected chi connectivity index (χ0v) is 11.7. The predicted octanol–water partition coefficient (Wildman–Crippen LogP) is 4.16. The van der Waals surface area contributed by atoms with E-state index < -0.39 is 5.97 Å². The summed E-state index contributed by atoms with van der Waals surface area (Å²) in [7, 11) is 0. The van der Waals surface area contributed by atoms with E-state index in [1.165, 1.54) is 18.2 Å². The molecule has 0 amide bonds. The van der Waals surface area contributed by atoms with Crippen LogP contribution in [0.5, 0.6) is 5.75 Å². The Morgan fingerprint density at radius 1 is 1.24 bits per heavy atom. The molecule has 0 spiro atoms. The molecule has 0 aliphatic carbocycles. The van der Waals surface area contributed by atoms with Crippen molar-refractivity contribution in [1.82, 2.24) is 0 Å². The van der Waals surface area contributed by atoms with E-state index >= 15 is 0 Å². The molecule has 3 nitrogen and oxygen atoms in total. The standard InChI is InChI=1S/C16H12ClFO3/c17-14-2-1-3-15(13(14)8-9-16(19)20)21-10-11-4-6-12(18)7-5-11/h1-9H,10H2,(H,19,20)/b9-8+. The summed E-state index contributed by atoms with van der Waals surface area (Å²) < 4.78 is 18.4. The smallest absolute Gasteiger partial charge is 0.328 e. The molecule has 0 heterocycles. The lowest BCUT2D eigenvalue weighted by molar-refractivity contribution is -0.131. The van der Waals surface area contributed by atoms with Crippen LogP contribution in [-0.4, -0.2) is 11.1 Å². The van der Waals surface area contributed by atoms with E-state index in [-0.39, 0.29) is 12.4 Å². The lowest BCUT2D eigenvalue weighted by Crippen LogP contribution is -1.97. The maximum Gasteiger partial charge on any atom is 0.328 e. The summed E-state index contributed by atoms with van der Waals surface area (Å²) >= 11 is 6.04. The molecule has 0 unspecified atom stereocenters. The van der Waals surface area contributed by atoms with Crippen LogP contribution in [0.2, 0.25) is 5.02 Å². The van der Waals surface area contributed by atoms with Crippen LogP contribution in [-0.2, 0) is 11.4 Å². The number of carboxylic acids is 1. The Morgan fingerprint density at radius 2 is 1.95 bits per heavy atom. The monoisotopic (exact) mass is 306 g/mol. The van der Waals surface area contributed by atoms with E-state index in [0.29, 0.717) is 16.3 Å². The third kappa shape index (κ3) is 4.33. The molecule has 0 bridgehead atoms. The van der Waals surface area contributed by atoms with Crippen LogP contribution in [0.15, 0.2) is 48.5 Å². The number of hydrogen-bond acceptors (Lipinski definition) is 2. The van der Waals surface area contributed by atoms with Crippen LogP contribution >= 0.6 is 11.6 Å². The van der Waals surface area contributed by atoms with Crippen molar-refractivity contribution in [2.75, 3.05) is 0 Å². The molecular weight excluding hydrogens is 295 g/mol. The highest BCUT2D eigenvalue weighted by Crippen LogP contribution is 2.28. The molecule has 0 aliphatic heterocycles. The molecular formula is C16H12ClFO3. The minimum Gasteiger partial charge on any atom is -0.488 e. The first-order chi connectivity index (χ1) is 10.1. The van der Waals surface area contributed by atoms with Crippen LogP contribution in [0.25, 0.3) is 6.08 Å². The summed E-state index contributed by atoms with van der Waals surface area (Å²) in [6.07, 6.45) is 2.37.